The first-order valence-electron chi connectivity index (χ1n) is 8.56. The van der Waals surface area contributed by atoms with E-state index in [4.69, 9.17) is 14.2 Å². The zero-order valence-corrected chi connectivity index (χ0v) is 16.2. The molecule has 0 spiro atoms. The fraction of sp³-hybridized carbons (Fsp3) is 0.250. The zero-order chi connectivity index (χ0) is 20.5. The minimum absolute atomic E-state index is 0.445. The molecule has 28 heavy (non-hydrogen) atoms. The number of ether oxygens (including phenoxy) is 3. The van der Waals surface area contributed by atoms with E-state index in [9.17, 15) is 9.59 Å². The molecule has 0 saturated heterocycles. The lowest BCUT2D eigenvalue weighted by Gasteiger charge is -2.12. The highest BCUT2D eigenvalue weighted by Crippen LogP contribution is 2.37. The Morgan fingerprint density at radius 2 is 1.64 bits per heavy atom. The summed E-state index contributed by atoms with van der Waals surface area (Å²) in [6.07, 6.45) is 2.10. The molecular weight excluding hydrogens is 362 g/mol. The average molecular weight is 385 g/mol. The van der Waals surface area contributed by atoms with Crippen molar-refractivity contribution in [1.82, 2.24) is 5.43 Å². The van der Waals surface area contributed by atoms with E-state index in [-0.39, 0.29) is 0 Å². The first kappa shape index (κ1) is 20.8. The van der Waals surface area contributed by atoms with Crippen molar-refractivity contribution in [2.24, 2.45) is 5.10 Å². The van der Waals surface area contributed by atoms with Gasteiger partial charge in [-0.05, 0) is 30.2 Å². The summed E-state index contributed by atoms with van der Waals surface area (Å²) < 4.78 is 15.8. The molecule has 0 bridgehead atoms. The van der Waals surface area contributed by atoms with Crippen molar-refractivity contribution in [2.75, 3.05) is 26.6 Å². The van der Waals surface area contributed by atoms with Gasteiger partial charge in [-0.25, -0.2) is 5.43 Å². The van der Waals surface area contributed by atoms with Gasteiger partial charge < -0.3 is 19.5 Å². The number of rotatable bonds is 7. The monoisotopic (exact) mass is 385 g/mol. The van der Waals surface area contributed by atoms with E-state index in [1.807, 2.05) is 19.1 Å². The van der Waals surface area contributed by atoms with Crippen LogP contribution in [0.2, 0.25) is 0 Å². The summed E-state index contributed by atoms with van der Waals surface area (Å²) >= 11 is 0. The van der Waals surface area contributed by atoms with Crippen LogP contribution in [0.4, 0.5) is 5.69 Å². The van der Waals surface area contributed by atoms with Crippen LogP contribution in [0.1, 0.15) is 18.1 Å². The number of hydrogen-bond acceptors (Lipinski definition) is 6. The second kappa shape index (κ2) is 9.96. The lowest BCUT2D eigenvalue weighted by Crippen LogP contribution is -2.32. The first-order valence-corrected chi connectivity index (χ1v) is 8.56. The molecule has 2 amide bonds. The van der Waals surface area contributed by atoms with Crippen LogP contribution in [-0.4, -0.2) is 39.4 Å². The smallest absolute Gasteiger partial charge is 0.329 e. The molecule has 0 aliphatic carbocycles. The van der Waals surface area contributed by atoms with Crippen molar-refractivity contribution < 1.29 is 23.8 Å². The van der Waals surface area contributed by atoms with Crippen LogP contribution in [-0.2, 0) is 16.0 Å². The molecule has 148 valence electrons. The number of nitrogens with zero attached hydrogens (tertiary/aromatic N) is 1. The Kier molecular flexibility index (Phi) is 7.38. The molecule has 0 fully saturated rings. The molecule has 0 unspecified atom stereocenters. The van der Waals surface area contributed by atoms with E-state index >= 15 is 0 Å². The van der Waals surface area contributed by atoms with Gasteiger partial charge in [-0.1, -0.05) is 25.1 Å². The molecule has 2 N–H and O–H groups in total. The average Bonchev–Trinajstić information content (AvgIpc) is 2.73. The van der Waals surface area contributed by atoms with Gasteiger partial charge in [0.05, 0.1) is 27.5 Å². The van der Waals surface area contributed by atoms with Gasteiger partial charge in [-0.15, -0.1) is 0 Å². The Balaban J connectivity index is 2.05. The number of nitrogens with one attached hydrogen (secondary N) is 2. The maximum atomic E-state index is 12.1. The largest absolute Gasteiger partial charge is 0.493 e. The van der Waals surface area contributed by atoms with E-state index in [1.165, 1.54) is 27.5 Å². The van der Waals surface area contributed by atoms with Crippen LogP contribution in [0.3, 0.4) is 0 Å². The number of para-hydroxylation sites is 1. The third-order valence-electron chi connectivity index (χ3n) is 3.92. The Hall–Kier alpha value is -3.55. The molecule has 0 radical (unpaired) electrons. The highest BCUT2D eigenvalue weighted by atomic mass is 16.5. The molecule has 0 heterocycles. The molecule has 0 aliphatic rings. The molecule has 2 aromatic rings. The van der Waals surface area contributed by atoms with Crippen LogP contribution in [0.25, 0.3) is 0 Å². The van der Waals surface area contributed by atoms with Gasteiger partial charge in [0, 0.05) is 11.3 Å². The topological polar surface area (TPSA) is 98.3 Å². The van der Waals surface area contributed by atoms with Gasteiger partial charge in [0.15, 0.2) is 11.5 Å². The summed E-state index contributed by atoms with van der Waals surface area (Å²) in [6.45, 7) is 1.97. The maximum Gasteiger partial charge on any atom is 0.329 e. The van der Waals surface area contributed by atoms with E-state index in [0.29, 0.717) is 28.5 Å². The van der Waals surface area contributed by atoms with Crippen molar-refractivity contribution >= 4 is 23.7 Å². The van der Waals surface area contributed by atoms with Crippen LogP contribution in [0.5, 0.6) is 17.2 Å². The van der Waals surface area contributed by atoms with Gasteiger partial charge in [-0.2, -0.15) is 5.10 Å². The SMILES string of the molecule is CCc1ccccc1NC(=O)C(=O)NN=Cc1cc(OC)c(OC)c(OC)c1. The Labute approximate surface area is 163 Å². The number of amides is 2. The van der Waals surface area contributed by atoms with Crippen LogP contribution < -0.4 is 25.0 Å². The predicted molar refractivity (Wildman–Crippen MR) is 106 cm³/mol. The molecule has 0 aromatic heterocycles. The van der Waals surface area contributed by atoms with E-state index in [0.717, 1.165) is 12.0 Å². The lowest BCUT2D eigenvalue weighted by molar-refractivity contribution is -0.136. The van der Waals surface area contributed by atoms with Gasteiger partial charge in [-0.3, -0.25) is 9.59 Å². The molecule has 2 rings (SSSR count). The summed E-state index contributed by atoms with van der Waals surface area (Å²) in [5, 5.41) is 6.40. The number of hydrogen-bond donors (Lipinski definition) is 2. The normalized spacial score (nSPS) is 10.4. The van der Waals surface area contributed by atoms with E-state index < -0.39 is 11.8 Å². The van der Waals surface area contributed by atoms with Gasteiger partial charge >= 0.3 is 11.8 Å². The number of carbonyl (C=O) groups excluding carboxylic acids is 2. The molecule has 0 aliphatic heterocycles. The Morgan fingerprint density at radius 1 is 1.00 bits per heavy atom. The van der Waals surface area contributed by atoms with E-state index in [2.05, 4.69) is 15.8 Å². The van der Waals surface area contributed by atoms with Crippen molar-refractivity contribution in [3.8, 4) is 17.2 Å². The van der Waals surface area contributed by atoms with Crippen LogP contribution >= 0.6 is 0 Å². The fourth-order valence-electron chi connectivity index (χ4n) is 2.52. The summed E-state index contributed by atoms with van der Waals surface area (Å²) in [5.41, 5.74) is 4.32. The highest BCUT2D eigenvalue weighted by molar-refractivity contribution is 6.39. The number of hydrazone groups is 1. The molecule has 0 atom stereocenters. The summed E-state index contributed by atoms with van der Waals surface area (Å²) in [4.78, 5) is 24.0. The molecule has 2 aromatic carbocycles. The Bertz CT molecular complexity index is 855. The number of methoxy groups -OCH3 is 3. The number of benzene rings is 2. The first-order chi connectivity index (χ1) is 13.5. The number of anilines is 1. The molecule has 0 saturated carbocycles. The van der Waals surface area contributed by atoms with Crippen molar-refractivity contribution in [3.05, 3.63) is 47.5 Å². The molecular formula is C20H23N3O5. The maximum absolute atomic E-state index is 12.1. The van der Waals surface area contributed by atoms with Crippen molar-refractivity contribution in [1.29, 1.82) is 0 Å². The minimum Gasteiger partial charge on any atom is -0.493 e. The van der Waals surface area contributed by atoms with E-state index in [1.54, 1.807) is 24.3 Å². The Morgan fingerprint density at radius 3 is 2.21 bits per heavy atom. The highest BCUT2D eigenvalue weighted by Gasteiger charge is 2.15. The van der Waals surface area contributed by atoms with Crippen molar-refractivity contribution in [2.45, 2.75) is 13.3 Å². The lowest BCUT2D eigenvalue weighted by atomic mass is 10.1. The van der Waals surface area contributed by atoms with Crippen molar-refractivity contribution in [3.63, 3.8) is 0 Å². The summed E-state index contributed by atoms with van der Waals surface area (Å²) in [7, 11) is 4.50. The van der Waals surface area contributed by atoms with Gasteiger partial charge in [0.2, 0.25) is 5.75 Å². The quantitative estimate of drug-likeness (QED) is 0.433. The van der Waals surface area contributed by atoms with Crippen LogP contribution in [0.15, 0.2) is 41.5 Å². The number of carbonyl (C=O) groups is 2. The summed E-state index contributed by atoms with van der Waals surface area (Å²) in [5.74, 6) is -0.343. The predicted octanol–water partition coefficient (Wildman–Crippen LogP) is 2.36. The van der Waals surface area contributed by atoms with Gasteiger partial charge in [0.25, 0.3) is 0 Å². The second-order valence-corrected chi connectivity index (χ2v) is 5.62. The van der Waals surface area contributed by atoms with Crippen LogP contribution in [0, 0.1) is 0 Å². The fourth-order valence-corrected chi connectivity index (χ4v) is 2.52. The molecule has 8 nitrogen and oxygen atoms in total. The second-order valence-electron chi connectivity index (χ2n) is 5.62. The summed E-state index contributed by atoms with van der Waals surface area (Å²) in [6, 6.07) is 10.6. The third kappa shape index (κ3) is 5.00. The molecule has 8 heteroatoms. The zero-order valence-electron chi connectivity index (χ0n) is 16.2. The minimum atomic E-state index is -0.880. The third-order valence-corrected chi connectivity index (χ3v) is 3.92. The number of aryl methyl sites for hydroxylation is 1. The standard InChI is InChI=1S/C20H23N3O5/c1-5-14-8-6-7-9-15(14)22-19(24)20(25)23-21-12-13-10-16(26-2)18(28-4)17(11-13)27-3/h6-12H,5H2,1-4H3,(H,22,24)(H,23,25). The van der Waals surface area contributed by atoms with Gasteiger partial charge in [0.1, 0.15) is 0 Å².